The summed E-state index contributed by atoms with van der Waals surface area (Å²) in [6, 6.07) is 7.70. The molecule has 1 unspecified atom stereocenters. The zero-order valence-corrected chi connectivity index (χ0v) is 12.9. The number of allylic oxidation sites excluding steroid dienone is 1. The van der Waals surface area contributed by atoms with Crippen LogP contribution in [0.2, 0.25) is 0 Å². The van der Waals surface area contributed by atoms with Crippen LogP contribution in [0, 0.1) is 18.8 Å². The van der Waals surface area contributed by atoms with Gasteiger partial charge >= 0.3 is 5.97 Å². The van der Waals surface area contributed by atoms with E-state index in [2.05, 4.69) is 0 Å². The number of carbonyl (C=O) groups is 1. The average Bonchev–Trinajstić information content (AvgIpc) is 2.47. The van der Waals surface area contributed by atoms with Crippen LogP contribution in [-0.4, -0.2) is 22.5 Å². The largest absolute Gasteiger partial charge is 0.469 e. The smallest absolute Gasteiger partial charge is 0.309 e. The average molecular weight is 292 g/mol. The van der Waals surface area contributed by atoms with Crippen LogP contribution >= 0.6 is 0 Å². The lowest BCUT2D eigenvalue weighted by Gasteiger charge is -2.27. The van der Waals surface area contributed by atoms with Crippen molar-refractivity contribution >= 4 is 16.8 Å². The van der Waals surface area contributed by atoms with E-state index in [0.29, 0.717) is 6.42 Å². The van der Waals surface area contributed by atoms with Crippen LogP contribution in [0.1, 0.15) is 18.9 Å². The van der Waals surface area contributed by atoms with Gasteiger partial charge in [0.05, 0.1) is 29.1 Å². The second kappa shape index (κ2) is 6.35. The Kier molecular flexibility index (Phi) is 4.76. The van der Waals surface area contributed by atoms with Gasteiger partial charge < -0.3 is 4.74 Å². The summed E-state index contributed by atoms with van der Waals surface area (Å²) in [6.45, 7) is 3.99. The Balaban J connectivity index is 2.17. The van der Waals surface area contributed by atoms with Gasteiger partial charge in [0.2, 0.25) is 0 Å². The highest BCUT2D eigenvalue weighted by atomic mass is 32.2. The minimum absolute atomic E-state index is 0.127. The molecule has 0 heterocycles. The zero-order valence-electron chi connectivity index (χ0n) is 12.0. The molecule has 3 nitrogen and oxygen atoms in total. The summed E-state index contributed by atoms with van der Waals surface area (Å²) in [5.41, 5.74) is 1.14. The third kappa shape index (κ3) is 3.18. The molecule has 0 bridgehead atoms. The summed E-state index contributed by atoms with van der Waals surface area (Å²) in [6.07, 6.45) is 4.52. The van der Waals surface area contributed by atoms with Crippen molar-refractivity contribution in [2.24, 2.45) is 11.8 Å². The number of aryl methyl sites for hydroxylation is 1. The van der Waals surface area contributed by atoms with Gasteiger partial charge in [0.25, 0.3) is 0 Å². The SMILES string of the molecule is COC(=O)[C@H]1C[C@H](S(=O)c2ccc(C)cc2)C=C[C@@H]1C. The second-order valence-corrected chi connectivity index (χ2v) is 6.93. The Bertz CT molecular complexity index is 533. The molecule has 1 aliphatic rings. The Labute approximate surface area is 122 Å². The number of hydrogen-bond donors (Lipinski definition) is 0. The van der Waals surface area contributed by atoms with E-state index in [4.69, 9.17) is 4.74 Å². The van der Waals surface area contributed by atoms with E-state index in [-0.39, 0.29) is 23.1 Å². The van der Waals surface area contributed by atoms with E-state index < -0.39 is 10.8 Å². The third-order valence-corrected chi connectivity index (χ3v) is 5.42. The lowest BCUT2D eigenvalue weighted by atomic mass is 9.85. The molecule has 0 amide bonds. The molecule has 0 radical (unpaired) electrons. The number of ether oxygens (including phenoxy) is 1. The van der Waals surface area contributed by atoms with Crippen LogP contribution in [0.25, 0.3) is 0 Å². The minimum atomic E-state index is -1.13. The number of benzene rings is 1. The monoisotopic (exact) mass is 292 g/mol. The van der Waals surface area contributed by atoms with Crippen LogP contribution in [0.5, 0.6) is 0 Å². The van der Waals surface area contributed by atoms with E-state index in [1.54, 1.807) is 0 Å². The molecule has 0 saturated carbocycles. The van der Waals surface area contributed by atoms with Crippen molar-refractivity contribution in [1.82, 2.24) is 0 Å². The predicted molar refractivity (Wildman–Crippen MR) is 79.8 cm³/mol. The molecule has 0 aliphatic heterocycles. The van der Waals surface area contributed by atoms with Gasteiger partial charge in [-0.2, -0.15) is 0 Å². The topological polar surface area (TPSA) is 43.4 Å². The fourth-order valence-electron chi connectivity index (χ4n) is 2.44. The lowest BCUT2D eigenvalue weighted by Crippen LogP contribution is -2.31. The lowest BCUT2D eigenvalue weighted by molar-refractivity contribution is -0.146. The maximum absolute atomic E-state index is 12.6. The van der Waals surface area contributed by atoms with Crippen molar-refractivity contribution in [3.05, 3.63) is 42.0 Å². The number of hydrogen-bond acceptors (Lipinski definition) is 3. The van der Waals surface area contributed by atoms with Crippen molar-refractivity contribution in [3.8, 4) is 0 Å². The highest BCUT2D eigenvalue weighted by Crippen LogP contribution is 2.30. The third-order valence-electron chi connectivity index (χ3n) is 3.78. The van der Waals surface area contributed by atoms with Crippen molar-refractivity contribution in [3.63, 3.8) is 0 Å². The highest BCUT2D eigenvalue weighted by molar-refractivity contribution is 7.85. The van der Waals surface area contributed by atoms with Crippen LogP contribution < -0.4 is 0 Å². The normalized spacial score (nSPS) is 27.1. The molecule has 0 N–H and O–H groups in total. The first kappa shape index (κ1) is 15.0. The summed E-state index contributed by atoms with van der Waals surface area (Å²) in [4.78, 5) is 12.6. The molecular weight excluding hydrogens is 272 g/mol. The molecule has 4 atom stereocenters. The minimum Gasteiger partial charge on any atom is -0.469 e. The maximum Gasteiger partial charge on any atom is 0.309 e. The molecule has 0 saturated heterocycles. The predicted octanol–water partition coefficient (Wildman–Crippen LogP) is 2.86. The van der Waals surface area contributed by atoms with Gasteiger partial charge in [0.15, 0.2) is 0 Å². The summed E-state index contributed by atoms with van der Waals surface area (Å²) in [5, 5.41) is -0.127. The Morgan fingerprint density at radius 3 is 2.50 bits per heavy atom. The Morgan fingerprint density at radius 2 is 1.90 bits per heavy atom. The molecule has 1 aliphatic carbocycles. The van der Waals surface area contributed by atoms with Crippen molar-refractivity contribution in [2.45, 2.75) is 30.4 Å². The van der Waals surface area contributed by atoms with E-state index in [0.717, 1.165) is 10.5 Å². The van der Waals surface area contributed by atoms with Gasteiger partial charge in [-0.15, -0.1) is 0 Å². The molecule has 0 aromatic heterocycles. The summed E-state index contributed by atoms with van der Waals surface area (Å²) >= 11 is 0. The fraction of sp³-hybridized carbons (Fsp3) is 0.438. The van der Waals surface area contributed by atoms with Crippen molar-refractivity contribution in [2.75, 3.05) is 7.11 Å². The molecule has 1 aromatic rings. The molecule has 20 heavy (non-hydrogen) atoms. The Morgan fingerprint density at radius 1 is 1.25 bits per heavy atom. The van der Waals surface area contributed by atoms with Gasteiger partial charge in [-0.25, -0.2) is 0 Å². The number of rotatable bonds is 3. The Hall–Kier alpha value is -1.42. The summed E-state index contributed by atoms with van der Waals surface area (Å²) in [7, 11) is 0.275. The van der Waals surface area contributed by atoms with E-state index in [1.807, 2.05) is 50.3 Å². The van der Waals surface area contributed by atoms with E-state index in [1.165, 1.54) is 7.11 Å². The highest BCUT2D eigenvalue weighted by Gasteiger charge is 2.32. The molecule has 1 aromatic carbocycles. The number of carbonyl (C=O) groups excluding carboxylic acids is 1. The second-order valence-electron chi connectivity index (χ2n) is 5.26. The molecule has 0 spiro atoms. The molecule has 0 fully saturated rings. The van der Waals surface area contributed by atoms with E-state index in [9.17, 15) is 9.00 Å². The van der Waals surface area contributed by atoms with Gasteiger partial charge in [-0.1, -0.05) is 36.8 Å². The van der Waals surface area contributed by atoms with Gasteiger partial charge in [-0.3, -0.25) is 9.00 Å². The van der Waals surface area contributed by atoms with Crippen LogP contribution in [0.4, 0.5) is 0 Å². The summed E-state index contributed by atoms with van der Waals surface area (Å²) in [5.74, 6) is -0.286. The first-order valence-corrected chi connectivity index (χ1v) is 7.97. The van der Waals surface area contributed by atoms with Crippen LogP contribution in [0.3, 0.4) is 0 Å². The van der Waals surface area contributed by atoms with Crippen molar-refractivity contribution in [1.29, 1.82) is 0 Å². The van der Waals surface area contributed by atoms with Crippen LogP contribution in [-0.2, 0) is 20.3 Å². The maximum atomic E-state index is 12.6. The van der Waals surface area contributed by atoms with Gasteiger partial charge in [0, 0.05) is 4.90 Å². The van der Waals surface area contributed by atoms with Crippen molar-refractivity contribution < 1.29 is 13.7 Å². The van der Waals surface area contributed by atoms with E-state index >= 15 is 0 Å². The molecule has 108 valence electrons. The van der Waals surface area contributed by atoms with Crippen LogP contribution in [0.15, 0.2) is 41.3 Å². The first-order valence-electron chi connectivity index (χ1n) is 6.76. The number of esters is 1. The first-order chi connectivity index (χ1) is 9.52. The summed E-state index contributed by atoms with van der Waals surface area (Å²) < 4.78 is 17.4. The fourth-order valence-corrected chi connectivity index (χ4v) is 3.81. The number of methoxy groups -OCH3 is 1. The quantitative estimate of drug-likeness (QED) is 0.635. The molecular formula is C16H20O3S. The van der Waals surface area contributed by atoms with Gasteiger partial charge in [-0.05, 0) is 31.4 Å². The molecule has 4 heteroatoms. The standard InChI is InChI=1S/C16H20O3S/c1-11-4-7-13(8-5-11)20(18)14-9-6-12(2)15(10-14)16(17)19-3/h4-9,12,14-15H,10H2,1-3H3/t12-,14+,15-,20?/m0/s1. The zero-order chi connectivity index (χ0) is 14.7. The molecule has 2 rings (SSSR count). The van der Waals surface area contributed by atoms with Gasteiger partial charge in [0.1, 0.15) is 0 Å².